The first-order chi connectivity index (χ1) is 18.8. The molecule has 0 radical (unpaired) electrons. The highest BCUT2D eigenvalue weighted by Gasteiger charge is 2.25. The van der Waals surface area contributed by atoms with Crippen LogP contribution in [-0.4, -0.2) is 65.3 Å². The van der Waals surface area contributed by atoms with Gasteiger partial charge in [0.05, 0.1) is 11.1 Å². The van der Waals surface area contributed by atoms with E-state index in [0.717, 1.165) is 11.1 Å². The second kappa shape index (κ2) is 15.5. The predicted molar refractivity (Wildman–Crippen MR) is 170 cm³/mol. The van der Waals surface area contributed by atoms with Crippen molar-refractivity contribution in [3.05, 3.63) is 71.8 Å². The number of amides is 1. The summed E-state index contributed by atoms with van der Waals surface area (Å²) in [6.45, 7) is 19.7. The quantitative estimate of drug-likeness (QED) is 0.230. The van der Waals surface area contributed by atoms with Crippen molar-refractivity contribution in [2.45, 2.75) is 104 Å². The minimum Gasteiger partial charge on any atom is -0.460 e. The number of carbonyl (C=O) groups is 2. The van der Waals surface area contributed by atoms with Crippen LogP contribution in [0.3, 0.4) is 0 Å². The average molecular weight is 566 g/mol. The minimum atomic E-state index is -0.483. The summed E-state index contributed by atoms with van der Waals surface area (Å²) in [5.74, 6) is -0.166. The van der Waals surface area contributed by atoms with Crippen LogP contribution in [0.15, 0.2) is 70.6 Å². The first kappa shape index (κ1) is 35.5. The lowest BCUT2D eigenvalue weighted by Crippen LogP contribution is -2.41. The van der Waals surface area contributed by atoms with Gasteiger partial charge in [-0.15, -0.1) is 0 Å². The fourth-order valence-electron chi connectivity index (χ4n) is 3.47. The molecule has 2 aromatic rings. The highest BCUT2D eigenvalue weighted by atomic mass is 16.6. The Morgan fingerprint density at radius 3 is 1.51 bits per heavy atom. The molecule has 0 N–H and O–H groups in total. The van der Waals surface area contributed by atoms with Crippen molar-refractivity contribution in [1.82, 2.24) is 4.90 Å². The number of likely N-dealkylation sites (N-methyl/N-ethyl adjacent to an activating group) is 1. The summed E-state index contributed by atoms with van der Waals surface area (Å²) in [6.07, 6.45) is 4.42. The maximum atomic E-state index is 12.0. The van der Waals surface area contributed by atoms with Gasteiger partial charge in [-0.1, -0.05) is 60.7 Å². The molecular weight excluding hydrogens is 514 g/mol. The topological polar surface area (TPSA) is 80.6 Å². The molecule has 0 bridgehead atoms. The Balaban J connectivity index is 0.000000410. The molecule has 2 rings (SSSR count). The summed E-state index contributed by atoms with van der Waals surface area (Å²) in [4.78, 5) is 34.4. The molecule has 7 nitrogen and oxygen atoms in total. The molecule has 0 aromatic heterocycles. The van der Waals surface area contributed by atoms with Crippen LogP contribution in [0.4, 0.5) is 4.79 Å². The van der Waals surface area contributed by atoms with Gasteiger partial charge < -0.3 is 14.4 Å². The summed E-state index contributed by atoms with van der Waals surface area (Å²) in [6, 6.07) is 19.9. The Hall–Kier alpha value is -3.48. The van der Waals surface area contributed by atoms with E-state index in [-0.39, 0.29) is 23.1 Å². The average Bonchev–Trinajstić information content (AvgIpc) is 2.85. The fourth-order valence-corrected chi connectivity index (χ4v) is 3.47. The predicted octanol–water partition coefficient (Wildman–Crippen LogP) is 7.76. The lowest BCUT2D eigenvalue weighted by molar-refractivity contribution is -0.155. The van der Waals surface area contributed by atoms with E-state index in [0.29, 0.717) is 19.4 Å². The molecule has 0 aliphatic carbocycles. The van der Waals surface area contributed by atoms with E-state index in [4.69, 9.17) is 9.47 Å². The summed E-state index contributed by atoms with van der Waals surface area (Å²) in [5, 5.41) is 0. The van der Waals surface area contributed by atoms with E-state index in [1.165, 1.54) is 0 Å². The second-order valence-electron chi connectivity index (χ2n) is 13.4. The molecule has 0 saturated carbocycles. The molecule has 0 atom stereocenters. The molecule has 0 unspecified atom stereocenters. The number of hydrogen-bond donors (Lipinski definition) is 0. The number of carbonyl (C=O) groups excluding carboxylic acids is 2. The van der Waals surface area contributed by atoms with E-state index < -0.39 is 11.2 Å². The Morgan fingerprint density at radius 2 is 1.10 bits per heavy atom. The molecule has 2 aromatic carbocycles. The van der Waals surface area contributed by atoms with Crippen LogP contribution in [0.1, 0.15) is 93.2 Å². The maximum Gasteiger partial charge on any atom is 0.410 e. The van der Waals surface area contributed by atoms with Crippen LogP contribution in [-0.2, 0) is 14.3 Å². The minimum absolute atomic E-state index is 0.166. The molecule has 0 spiro atoms. The van der Waals surface area contributed by atoms with Crippen LogP contribution in [0.25, 0.3) is 0 Å². The number of aliphatic imine (C=N–C) groups is 2. The SMILES string of the molecule is CC(C)(CCC(=O)OC(C)(C)C)N=Cc1ccccc1.CN(CC(C)(C)N=Cc1ccccc1)C(=O)OC(C)(C)C. The Kier molecular flexibility index (Phi) is 13.4. The van der Waals surface area contributed by atoms with Gasteiger partial charge in [-0.2, -0.15) is 0 Å². The Bertz CT molecular complexity index is 1130. The Morgan fingerprint density at radius 1 is 0.683 bits per heavy atom. The van der Waals surface area contributed by atoms with Gasteiger partial charge in [0, 0.05) is 32.4 Å². The van der Waals surface area contributed by atoms with Crippen LogP contribution in [0.5, 0.6) is 0 Å². The van der Waals surface area contributed by atoms with E-state index >= 15 is 0 Å². The molecule has 0 fully saturated rings. The van der Waals surface area contributed by atoms with Crippen LogP contribution in [0, 0.1) is 0 Å². The van der Waals surface area contributed by atoms with Gasteiger partial charge in [0.15, 0.2) is 0 Å². The summed E-state index contributed by atoms with van der Waals surface area (Å²) >= 11 is 0. The zero-order chi connectivity index (χ0) is 31.3. The van der Waals surface area contributed by atoms with Crippen molar-refractivity contribution in [1.29, 1.82) is 0 Å². The second-order valence-corrected chi connectivity index (χ2v) is 13.4. The van der Waals surface area contributed by atoms with Crippen molar-refractivity contribution >= 4 is 24.5 Å². The van der Waals surface area contributed by atoms with Gasteiger partial charge in [0.2, 0.25) is 0 Å². The lowest BCUT2D eigenvalue weighted by Gasteiger charge is -2.29. The highest BCUT2D eigenvalue weighted by Crippen LogP contribution is 2.19. The number of benzene rings is 2. The van der Waals surface area contributed by atoms with Gasteiger partial charge in [0.25, 0.3) is 0 Å². The van der Waals surface area contributed by atoms with Gasteiger partial charge in [-0.25, -0.2) is 4.79 Å². The monoisotopic (exact) mass is 565 g/mol. The molecule has 0 saturated heterocycles. The number of rotatable bonds is 9. The molecular formula is C34H51N3O4. The van der Waals surface area contributed by atoms with E-state index in [2.05, 4.69) is 9.98 Å². The van der Waals surface area contributed by atoms with Gasteiger partial charge in [-0.05, 0) is 86.8 Å². The number of esters is 1. The van der Waals surface area contributed by atoms with Crippen LogP contribution >= 0.6 is 0 Å². The molecule has 0 aliphatic rings. The van der Waals surface area contributed by atoms with Gasteiger partial charge in [0.1, 0.15) is 11.2 Å². The molecule has 41 heavy (non-hydrogen) atoms. The van der Waals surface area contributed by atoms with E-state index in [1.54, 1.807) is 11.9 Å². The Labute approximate surface area is 248 Å². The molecule has 0 heterocycles. The molecule has 226 valence electrons. The van der Waals surface area contributed by atoms with Crippen LogP contribution in [0.2, 0.25) is 0 Å². The third-order valence-corrected chi connectivity index (χ3v) is 5.42. The third-order valence-electron chi connectivity index (χ3n) is 5.42. The van der Waals surface area contributed by atoms with E-state index in [1.807, 2.05) is 142 Å². The first-order valence-corrected chi connectivity index (χ1v) is 14.1. The molecule has 7 heteroatoms. The first-order valence-electron chi connectivity index (χ1n) is 14.1. The van der Waals surface area contributed by atoms with Crippen molar-refractivity contribution < 1.29 is 19.1 Å². The smallest absolute Gasteiger partial charge is 0.410 e. The van der Waals surface area contributed by atoms with E-state index in [9.17, 15) is 9.59 Å². The zero-order valence-corrected chi connectivity index (χ0v) is 27.0. The van der Waals surface area contributed by atoms with Gasteiger partial charge in [-0.3, -0.25) is 14.8 Å². The third kappa shape index (κ3) is 17.7. The van der Waals surface area contributed by atoms with Crippen LogP contribution < -0.4 is 0 Å². The summed E-state index contributed by atoms with van der Waals surface area (Å²) < 4.78 is 10.6. The summed E-state index contributed by atoms with van der Waals surface area (Å²) in [5.41, 5.74) is 0.564. The number of hydrogen-bond acceptors (Lipinski definition) is 6. The zero-order valence-electron chi connectivity index (χ0n) is 27.0. The van der Waals surface area contributed by atoms with Crippen molar-refractivity contribution in [3.63, 3.8) is 0 Å². The highest BCUT2D eigenvalue weighted by molar-refractivity contribution is 5.80. The van der Waals surface area contributed by atoms with Crippen molar-refractivity contribution in [2.75, 3.05) is 13.6 Å². The normalized spacial score (nSPS) is 12.6. The lowest BCUT2D eigenvalue weighted by atomic mass is 9.99. The fraction of sp³-hybridized carbons (Fsp3) is 0.529. The number of nitrogens with zero attached hydrogens (tertiary/aromatic N) is 3. The maximum absolute atomic E-state index is 12.0. The molecule has 0 aliphatic heterocycles. The van der Waals surface area contributed by atoms with Crippen molar-refractivity contribution in [3.8, 4) is 0 Å². The number of ether oxygens (including phenoxy) is 2. The molecule has 1 amide bonds. The standard InChI is InChI=1S/C17H26N2O2.C17H25NO2/c1-16(2,3)21-15(20)19(6)13-17(4,5)18-12-14-10-8-7-9-11-14;1-16(2,3)20-15(19)11-12-17(4,5)18-13-14-9-7-6-8-10-14/h7-12H,13H2,1-6H3;6-10,13H,11-12H2,1-5H3. The largest absolute Gasteiger partial charge is 0.460 e. The summed E-state index contributed by atoms with van der Waals surface area (Å²) in [7, 11) is 1.73. The van der Waals surface area contributed by atoms with Gasteiger partial charge >= 0.3 is 12.1 Å². The van der Waals surface area contributed by atoms with Crippen molar-refractivity contribution in [2.24, 2.45) is 9.98 Å².